The first-order valence-corrected chi connectivity index (χ1v) is 10.9. The lowest BCUT2D eigenvalue weighted by Crippen LogP contribution is -2.58. The van der Waals surface area contributed by atoms with Crippen molar-refractivity contribution in [2.45, 2.75) is 71.0 Å². The third-order valence-corrected chi connectivity index (χ3v) is 6.98. The molecular weight excluding hydrogens is 386 g/mol. The van der Waals surface area contributed by atoms with Gasteiger partial charge in [0.15, 0.2) is 0 Å². The summed E-state index contributed by atoms with van der Waals surface area (Å²) in [6, 6.07) is -2.32. The molecule has 9 heteroatoms. The smallest absolute Gasteiger partial charge is 0.243 e. The Labute approximate surface area is 177 Å². The van der Waals surface area contributed by atoms with Crippen molar-refractivity contribution in [3.8, 4) is 0 Å². The normalized spacial score (nSPS) is 30.5. The van der Waals surface area contributed by atoms with E-state index in [9.17, 15) is 19.2 Å². The molecule has 2 heterocycles. The molecular formula is C21H35N5O4. The molecule has 30 heavy (non-hydrogen) atoms. The van der Waals surface area contributed by atoms with Gasteiger partial charge in [0.1, 0.15) is 12.1 Å². The van der Waals surface area contributed by atoms with Crippen LogP contribution in [0.4, 0.5) is 0 Å². The minimum absolute atomic E-state index is 0.0597. The van der Waals surface area contributed by atoms with Gasteiger partial charge in [-0.05, 0) is 42.9 Å². The van der Waals surface area contributed by atoms with Gasteiger partial charge in [-0.1, -0.05) is 27.2 Å². The van der Waals surface area contributed by atoms with E-state index in [0.29, 0.717) is 19.5 Å². The summed E-state index contributed by atoms with van der Waals surface area (Å²) in [6.07, 6.45) is 3.64. The van der Waals surface area contributed by atoms with Gasteiger partial charge in [-0.2, -0.15) is 0 Å². The molecule has 2 saturated heterocycles. The van der Waals surface area contributed by atoms with Gasteiger partial charge in [-0.3, -0.25) is 19.2 Å². The van der Waals surface area contributed by atoms with Crippen molar-refractivity contribution < 1.29 is 19.2 Å². The van der Waals surface area contributed by atoms with Gasteiger partial charge in [0.2, 0.25) is 23.6 Å². The van der Waals surface area contributed by atoms with E-state index in [4.69, 9.17) is 11.5 Å². The fourth-order valence-corrected chi connectivity index (χ4v) is 5.08. The van der Waals surface area contributed by atoms with E-state index in [2.05, 4.69) is 10.6 Å². The number of rotatable bonds is 6. The fraction of sp³-hybridized carbons (Fsp3) is 0.810. The number of hydrogen-bond donors (Lipinski definition) is 4. The highest BCUT2D eigenvalue weighted by atomic mass is 16.2. The summed E-state index contributed by atoms with van der Waals surface area (Å²) in [7, 11) is 0. The van der Waals surface area contributed by atoms with Gasteiger partial charge in [-0.15, -0.1) is 0 Å². The molecule has 4 amide bonds. The molecule has 0 aromatic carbocycles. The maximum Gasteiger partial charge on any atom is 0.243 e. The summed E-state index contributed by atoms with van der Waals surface area (Å²) < 4.78 is 0. The standard InChI is InChI=1S/C21H35N5O4/c1-21(2,3)16(22)20(30)26-10-12-5-4-6-13(12)15(26)19(29)25-14(17(23)27)9-11-7-8-24-18(11)28/h11-16H,4-10,22H2,1-3H3,(H2,23,27)(H,24,28)(H,25,29)/t11-,12-,13-,14-,15-,16+/m0/s1. The van der Waals surface area contributed by atoms with Crippen molar-refractivity contribution in [1.82, 2.24) is 15.5 Å². The second kappa shape index (κ2) is 8.53. The molecule has 3 aliphatic rings. The third kappa shape index (κ3) is 4.45. The summed E-state index contributed by atoms with van der Waals surface area (Å²) in [4.78, 5) is 52.0. The lowest BCUT2D eigenvalue weighted by atomic mass is 9.86. The average molecular weight is 422 g/mol. The third-order valence-electron chi connectivity index (χ3n) is 6.98. The maximum absolute atomic E-state index is 13.3. The van der Waals surface area contributed by atoms with Crippen LogP contribution in [0, 0.1) is 23.2 Å². The topological polar surface area (TPSA) is 148 Å². The summed E-state index contributed by atoms with van der Waals surface area (Å²) in [6.45, 7) is 6.77. The zero-order valence-corrected chi connectivity index (χ0v) is 18.1. The average Bonchev–Trinajstić information content (AvgIpc) is 3.34. The molecule has 6 N–H and O–H groups in total. The van der Waals surface area contributed by atoms with Crippen LogP contribution in [0.5, 0.6) is 0 Å². The zero-order valence-electron chi connectivity index (χ0n) is 18.1. The van der Waals surface area contributed by atoms with Crippen LogP contribution in [0.1, 0.15) is 52.9 Å². The summed E-state index contributed by atoms with van der Waals surface area (Å²) in [5, 5.41) is 5.48. The first-order valence-electron chi connectivity index (χ1n) is 10.9. The van der Waals surface area contributed by atoms with E-state index in [0.717, 1.165) is 19.3 Å². The minimum Gasteiger partial charge on any atom is -0.368 e. The number of amides is 4. The van der Waals surface area contributed by atoms with E-state index in [-0.39, 0.29) is 41.9 Å². The summed E-state index contributed by atoms with van der Waals surface area (Å²) in [5.74, 6) is -1.43. The minimum atomic E-state index is -0.944. The van der Waals surface area contributed by atoms with E-state index >= 15 is 0 Å². The second-order valence-corrected chi connectivity index (χ2v) is 10.1. The Morgan fingerprint density at radius 3 is 2.50 bits per heavy atom. The van der Waals surface area contributed by atoms with Gasteiger partial charge in [-0.25, -0.2) is 0 Å². The van der Waals surface area contributed by atoms with E-state index < -0.39 is 29.4 Å². The van der Waals surface area contributed by atoms with Crippen molar-refractivity contribution in [3.05, 3.63) is 0 Å². The van der Waals surface area contributed by atoms with Gasteiger partial charge in [0.25, 0.3) is 0 Å². The van der Waals surface area contributed by atoms with Gasteiger partial charge in [0.05, 0.1) is 6.04 Å². The molecule has 2 aliphatic heterocycles. The van der Waals surface area contributed by atoms with Crippen LogP contribution in [-0.4, -0.2) is 59.7 Å². The number of carbonyl (C=O) groups excluding carboxylic acids is 4. The van der Waals surface area contributed by atoms with Crippen molar-refractivity contribution >= 4 is 23.6 Å². The van der Waals surface area contributed by atoms with Crippen LogP contribution >= 0.6 is 0 Å². The van der Waals surface area contributed by atoms with E-state index in [1.54, 1.807) is 4.90 Å². The molecule has 6 atom stereocenters. The van der Waals surface area contributed by atoms with E-state index in [1.165, 1.54) is 0 Å². The molecule has 1 saturated carbocycles. The Morgan fingerprint density at radius 2 is 1.93 bits per heavy atom. The van der Waals surface area contributed by atoms with Gasteiger partial charge < -0.3 is 27.0 Å². The second-order valence-electron chi connectivity index (χ2n) is 10.1. The highest BCUT2D eigenvalue weighted by molar-refractivity contribution is 5.94. The van der Waals surface area contributed by atoms with Crippen LogP contribution in [0.25, 0.3) is 0 Å². The highest BCUT2D eigenvalue weighted by Gasteiger charge is 2.51. The predicted molar refractivity (Wildman–Crippen MR) is 111 cm³/mol. The lowest BCUT2D eigenvalue weighted by Gasteiger charge is -2.34. The molecule has 0 bridgehead atoms. The molecule has 0 spiro atoms. The van der Waals surface area contributed by atoms with Crippen molar-refractivity contribution in [2.75, 3.05) is 13.1 Å². The first kappa shape index (κ1) is 22.5. The molecule has 168 valence electrons. The van der Waals surface area contributed by atoms with Crippen molar-refractivity contribution in [3.63, 3.8) is 0 Å². The quantitative estimate of drug-likeness (QED) is 0.456. The number of nitrogens with two attached hydrogens (primary N) is 2. The fourth-order valence-electron chi connectivity index (χ4n) is 5.08. The zero-order chi connectivity index (χ0) is 22.2. The molecule has 1 aliphatic carbocycles. The van der Waals surface area contributed by atoms with Crippen LogP contribution < -0.4 is 22.1 Å². The number of nitrogens with zero attached hydrogens (tertiary/aromatic N) is 1. The molecule has 0 radical (unpaired) electrons. The van der Waals surface area contributed by atoms with Crippen LogP contribution in [-0.2, 0) is 19.2 Å². The van der Waals surface area contributed by atoms with Gasteiger partial charge in [0, 0.05) is 19.0 Å². The number of fused-ring (bicyclic) bond motifs is 1. The first-order chi connectivity index (χ1) is 14.0. The highest BCUT2D eigenvalue weighted by Crippen LogP contribution is 2.43. The Morgan fingerprint density at radius 1 is 1.23 bits per heavy atom. The van der Waals surface area contributed by atoms with Crippen LogP contribution in [0.3, 0.4) is 0 Å². The molecule has 0 aromatic rings. The molecule has 9 nitrogen and oxygen atoms in total. The van der Waals surface area contributed by atoms with Crippen LogP contribution in [0.15, 0.2) is 0 Å². The monoisotopic (exact) mass is 421 g/mol. The number of hydrogen-bond acceptors (Lipinski definition) is 5. The SMILES string of the molecule is CC(C)(C)[C@H](N)C(=O)N1C[C@@H]2CCC[C@@H]2[C@H]1C(=O)N[C@@H](C[C@@H]1CCNC1=O)C(N)=O. The lowest BCUT2D eigenvalue weighted by molar-refractivity contribution is -0.143. The molecule has 3 fully saturated rings. The Balaban J connectivity index is 1.76. The Kier molecular flexibility index (Phi) is 6.40. The summed E-state index contributed by atoms with van der Waals surface area (Å²) >= 11 is 0. The maximum atomic E-state index is 13.3. The molecule has 0 aromatic heterocycles. The van der Waals surface area contributed by atoms with Crippen molar-refractivity contribution in [2.24, 2.45) is 34.6 Å². The number of likely N-dealkylation sites (tertiary alicyclic amines) is 1. The predicted octanol–water partition coefficient (Wildman–Crippen LogP) is -0.517. The van der Waals surface area contributed by atoms with Gasteiger partial charge >= 0.3 is 0 Å². The van der Waals surface area contributed by atoms with Crippen molar-refractivity contribution in [1.29, 1.82) is 0 Å². The molecule has 0 unspecified atom stereocenters. The Hall–Kier alpha value is -2.16. The number of primary amides is 1. The largest absolute Gasteiger partial charge is 0.368 e. The Bertz CT molecular complexity index is 719. The van der Waals surface area contributed by atoms with E-state index in [1.807, 2.05) is 20.8 Å². The number of nitrogens with one attached hydrogen (secondary N) is 2. The number of carbonyl (C=O) groups is 4. The molecule has 3 rings (SSSR count). The van der Waals surface area contributed by atoms with Crippen LogP contribution in [0.2, 0.25) is 0 Å². The summed E-state index contributed by atoms with van der Waals surface area (Å²) in [5.41, 5.74) is 11.3.